The van der Waals surface area contributed by atoms with Gasteiger partial charge in [0.05, 0.1) is 16.3 Å². The van der Waals surface area contributed by atoms with Crippen molar-refractivity contribution in [3.63, 3.8) is 0 Å². The lowest BCUT2D eigenvalue weighted by molar-refractivity contribution is 0.112. The molecule has 1 aliphatic rings. The Balaban J connectivity index is 1.97. The molecule has 2 nitrogen and oxygen atoms in total. The van der Waals surface area contributed by atoms with E-state index in [-0.39, 0.29) is 0 Å². The quantitative estimate of drug-likeness (QED) is 0.418. The van der Waals surface area contributed by atoms with Gasteiger partial charge in [0.25, 0.3) is 0 Å². The zero-order valence-corrected chi connectivity index (χ0v) is 15.6. The predicted octanol–water partition coefficient (Wildman–Crippen LogP) is 6.44. The lowest BCUT2D eigenvalue weighted by Gasteiger charge is -2.33. The second-order valence-electron chi connectivity index (χ2n) is 5.75. The number of anilines is 2. The van der Waals surface area contributed by atoms with Crippen molar-refractivity contribution >= 4 is 45.4 Å². The molecule has 2 aromatic rings. The third-order valence-corrected chi connectivity index (χ3v) is 6.20. The second kappa shape index (κ2) is 7.54. The van der Waals surface area contributed by atoms with Crippen LogP contribution < -0.4 is 4.90 Å². The van der Waals surface area contributed by atoms with E-state index >= 15 is 0 Å². The number of hydrogen-bond donors (Lipinski definition) is 0. The van der Waals surface area contributed by atoms with Crippen molar-refractivity contribution in [3.05, 3.63) is 46.4 Å². The number of fused-ring (bicyclic) bond motifs is 2. The Labute approximate surface area is 150 Å². The summed E-state index contributed by atoms with van der Waals surface area (Å²) in [4.78, 5) is 15.9. The minimum Gasteiger partial charge on any atom is -0.340 e. The number of rotatable bonds is 6. The summed E-state index contributed by atoms with van der Waals surface area (Å²) >= 11 is 5.41. The first-order chi connectivity index (χ1) is 11.2. The Bertz CT molecular complexity index is 717. The number of hydrogen-bond acceptors (Lipinski definition) is 3. The van der Waals surface area contributed by atoms with Crippen molar-refractivity contribution in [1.82, 2.24) is 0 Å². The minimum absolute atomic E-state index is 0.734. The summed E-state index contributed by atoms with van der Waals surface area (Å²) in [6.45, 7) is 3.25. The Kier molecular flexibility index (Phi) is 5.44. The van der Waals surface area contributed by atoms with Crippen LogP contribution in [0.25, 0.3) is 0 Å². The van der Waals surface area contributed by atoms with Gasteiger partial charge in [0, 0.05) is 21.5 Å². The molecule has 0 atom stereocenters. The normalized spacial score (nSPS) is 12.7. The fourth-order valence-corrected chi connectivity index (χ4v) is 4.64. The molecule has 0 saturated heterocycles. The molecule has 0 saturated carbocycles. The van der Waals surface area contributed by atoms with Gasteiger partial charge in [-0.1, -0.05) is 44.0 Å². The van der Waals surface area contributed by atoms with Crippen molar-refractivity contribution in [3.8, 4) is 0 Å². The highest BCUT2D eigenvalue weighted by atomic mass is 79.9. The summed E-state index contributed by atoms with van der Waals surface area (Å²) < 4.78 is 1.11. The standard InChI is InChI=1S/C19H20BrNOS/c1-2-3-4-5-11-21-16-10-9-14(13-22)12-18(16)23-19-15(20)7-6-8-17(19)21/h6-10,12-13H,2-5,11H2,1H3. The van der Waals surface area contributed by atoms with E-state index < -0.39 is 0 Å². The van der Waals surface area contributed by atoms with Gasteiger partial charge in [-0.2, -0.15) is 0 Å². The fraction of sp³-hybridized carbons (Fsp3) is 0.316. The van der Waals surface area contributed by atoms with Crippen LogP contribution in [0.4, 0.5) is 11.4 Å². The molecule has 1 aliphatic heterocycles. The van der Waals surface area contributed by atoms with E-state index in [2.05, 4.69) is 52.0 Å². The van der Waals surface area contributed by atoms with Gasteiger partial charge in [0.15, 0.2) is 0 Å². The van der Waals surface area contributed by atoms with Gasteiger partial charge in [-0.15, -0.1) is 0 Å². The molecule has 23 heavy (non-hydrogen) atoms. The highest BCUT2D eigenvalue weighted by molar-refractivity contribution is 9.10. The van der Waals surface area contributed by atoms with Crippen molar-refractivity contribution < 1.29 is 4.79 Å². The van der Waals surface area contributed by atoms with Crippen LogP contribution in [-0.4, -0.2) is 12.8 Å². The zero-order chi connectivity index (χ0) is 16.2. The number of halogens is 1. The average molecular weight is 390 g/mol. The Morgan fingerprint density at radius 2 is 2.00 bits per heavy atom. The lowest BCUT2D eigenvalue weighted by atomic mass is 10.1. The number of carbonyl (C=O) groups is 1. The largest absolute Gasteiger partial charge is 0.340 e. The van der Waals surface area contributed by atoms with E-state index in [0.29, 0.717) is 0 Å². The SMILES string of the molecule is CCCCCCN1c2ccc(C=O)cc2Sc2c(Br)cccc21. The third-order valence-electron chi connectivity index (χ3n) is 4.10. The maximum absolute atomic E-state index is 11.1. The monoisotopic (exact) mass is 389 g/mol. The van der Waals surface area contributed by atoms with Gasteiger partial charge in [0.1, 0.15) is 6.29 Å². The fourth-order valence-electron chi connectivity index (χ4n) is 2.90. The molecule has 120 valence electrons. The van der Waals surface area contributed by atoms with Gasteiger partial charge in [0.2, 0.25) is 0 Å². The summed E-state index contributed by atoms with van der Waals surface area (Å²) in [5.41, 5.74) is 3.20. The second-order valence-corrected chi connectivity index (χ2v) is 7.65. The molecule has 2 aromatic carbocycles. The van der Waals surface area contributed by atoms with Crippen LogP contribution in [0.2, 0.25) is 0 Å². The molecular weight excluding hydrogens is 370 g/mol. The highest BCUT2D eigenvalue weighted by Gasteiger charge is 2.24. The summed E-state index contributed by atoms with van der Waals surface area (Å²) in [5.74, 6) is 0. The molecule has 1 heterocycles. The number of nitrogens with zero attached hydrogens (tertiary/aromatic N) is 1. The maximum atomic E-state index is 11.1. The number of aldehydes is 1. The predicted molar refractivity (Wildman–Crippen MR) is 101 cm³/mol. The Morgan fingerprint density at radius 1 is 1.13 bits per heavy atom. The van der Waals surface area contributed by atoms with Gasteiger partial charge in [-0.3, -0.25) is 4.79 Å². The lowest BCUT2D eigenvalue weighted by Crippen LogP contribution is -2.22. The topological polar surface area (TPSA) is 20.3 Å². The van der Waals surface area contributed by atoms with Gasteiger partial charge in [-0.05, 0) is 52.7 Å². The van der Waals surface area contributed by atoms with Gasteiger partial charge in [-0.25, -0.2) is 0 Å². The van der Waals surface area contributed by atoms with Crippen LogP contribution in [-0.2, 0) is 0 Å². The van der Waals surface area contributed by atoms with E-state index in [1.54, 1.807) is 11.8 Å². The van der Waals surface area contributed by atoms with Crippen LogP contribution in [0.15, 0.2) is 50.7 Å². The molecule has 0 aromatic heterocycles. The highest BCUT2D eigenvalue weighted by Crippen LogP contribution is 2.50. The van der Waals surface area contributed by atoms with Crippen molar-refractivity contribution in [2.24, 2.45) is 0 Å². The van der Waals surface area contributed by atoms with Gasteiger partial charge < -0.3 is 4.90 Å². The zero-order valence-electron chi connectivity index (χ0n) is 13.2. The maximum Gasteiger partial charge on any atom is 0.150 e. The number of unbranched alkanes of at least 4 members (excludes halogenated alkanes) is 3. The summed E-state index contributed by atoms with van der Waals surface area (Å²) in [7, 11) is 0. The van der Waals surface area contributed by atoms with Crippen molar-refractivity contribution in [2.75, 3.05) is 11.4 Å². The molecule has 3 rings (SSSR count). The van der Waals surface area contributed by atoms with Crippen LogP contribution in [0.5, 0.6) is 0 Å². The van der Waals surface area contributed by atoms with Crippen LogP contribution in [0.3, 0.4) is 0 Å². The minimum atomic E-state index is 0.734. The smallest absolute Gasteiger partial charge is 0.150 e. The molecule has 0 bridgehead atoms. The van der Waals surface area contributed by atoms with Crippen molar-refractivity contribution in [1.29, 1.82) is 0 Å². The summed E-state index contributed by atoms with van der Waals surface area (Å²) in [5, 5.41) is 0. The van der Waals surface area contributed by atoms with E-state index in [0.717, 1.165) is 27.8 Å². The molecule has 4 heteroatoms. The van der Waals surface area contributed by atoms with E-state index in [4.69, 9.17) is 0 Å². The Hall–Kier alpha value is -1.26. The first kappa shape index (κ1) is 16.6. The average Bonchev–Trinajstić information content (AvgIpc) is 2.58. The van der Waals surface area contributed by atoms with Crippen LogP contribution in [0, 0.1) is 0 Å². The molecule has 0 N–H and O–H groups in total. The van der Waals surface area contributed by atoms with Crippen molar-refractivity contribution in [2.45, 2.75) is 42.4 Å². The number of carbonyl (C=O) groups excluding carboxylic acids is 1. The third kappa shape index (κ3) is 3.48. The van der Waals surface area contributed by atoms with E-state index in [1.807, 2.05) is 12.1 Å². The molecular formula is C19H20BrNOS. The molecule has 0 aliphatic carbocycles. The summed E-state index contributed by atoms with van der Waals surface area (Å²) in [6, 6.07) is 12.3. The molecule has 0 fully saturated rings. The number of benzene rings is 2. The molecule has 0 amide bonds. The van der Waals surface area contributed by atoms with Crippen LogP contribution >= 0.6 is 27.7 Å². The molecule has 0 radical (unpaired) electrons. The van der Waals surface area contributed by atoms with Crippen LogP contribution in [0.1, 0.15) is 43.0 Å². The molecule has 0 spiro atoms. The summed E-state index contributed by atoms with van der Waals surface area (Å²) in [6.07, 6.45) is 5.88. The van der Waals surface area contributed by atoms with E-state index in [9.17, 15) is 4.79 Å². The van der Waals surface area contributed by atoms with E-state index in [1.165, 1.54) is 42.0 Å². The molecule has 0 unspecified atom stereocenters. The Morgan fingerprint density at radius 3 is 2.78 bits per heavy atom. The van der Waals surface area contributed by atoms with Gasteiger partial charge >= 0.3 is 0 Å². The first-order valence-electron chi connectivity index (χ1n) is 8.07. The first-order valence-corrected chi connectivity index (χ1v) is 9.68.